The van der Waals surface area contributed by atoms with Gasteiger partial charge in [-0.15, -0.1) is 0 Å². The van der Waals surface area contributed by atoms with E-state index in [1.807, 2.05) is 30.9 Å². The zero-order valence-electron chi connectivity index (χ0n) is 20.3. The number of fused-ring (bicyclic) bond motifs is 2. The van der Waals surface area contributed by atoms with Gasteiger partial charge in [-0.05, 0) is 73.9 Å². The lowest BCUT2D eigenvalue weighted by Crippen LogP contribution is -2.16. The Morgan fingerprint density at radius 2 is 1.20 bits per heavy atom. The van der Waals surface area contributed by atoms with E-state index in [4.69, 9.17) is 0 Å². The van der Waals surface area contributed by atoms with Crippen LogP contribution >= 0.6 is 11.8 Å². The maximum atomic E-state index is 4.53. The molecule has 35 heavy (non-hydrogen) atoms. The standard InChI is InChI=1S/C32H28N2S/c1-22(2)32-26(13-11-21-33-32)24(4)20-19-23(3)25-12-5-6-14-27(25)34-28-15-7-9-17-30(28)35-31-18-10-8-16-29(31)34/h5-21H,1H2,2-4H3/b23-19+,24-20+. The van der Waals surface area contributed by atoms with Crippen LogP contribution in [0.5, 0.6) is 0 Å². The number of nitrogens with zero attached hydrogens (tertiary/aromatic N) is 2. The Kier molecular flexibility index (Phi) is 6.43. The molecule has 0 N–H and O–H groups in total. The second-order valence-electron chi connectivity index (χ2n) is 8.77. The maximum absolute atomic E-state index is 4.53. The summed E-state index contributed by atoms with van der Waals surface area (Å²) in [7, 11) is 0. The third-order valence-corrected chi connectivity index (χ3v) is 7.35. The highest BCUT2D eigenvalue weighted by molar-refractivity contribution is 7.99. The largest absolute Gasteiger partial charge is 0.308 e. The number of hydrogen-bond donors (Lipinski definition) is 0. The third kappa shape index (κ3) is 4.48. The van der Waals surface area contributed by atoms with Crippen LogP contribution in [-0.2, 0) is 0 Å². The Labute approximate surface area is 212 Å². The molecule has 0 saturated carbocycles. The Balaban J connectivity index is 1.59. The highest BCUT2D eigenvalue weighted by atomic mass is 32.2. The van der Waals surface area contributed by atoms with Crippen molar-refractivity contribution in [3.8, 4) is 0 Å². The zero-order valence-corrected chi connectivity index (χ0v) is 21.1. The minimum Gasteiger partial charge on any atom is -0.308 e. The molecule has 0 amide bonds. The van der Waals surface area contributed by atoms with Crippen LogP contribution in [0.3, 0.4) is 0 Å². The zero-order chi connectivity index (χ0) is 24.4. The monoisotopic (exact) mass is 472 g/mol. The van der Waals surface area contributed by atoms with Crippen LogP contribution in [0.25, 0.3) is 16.7 Å². The Morgan fingerprint density at radius 1 is 0.686 bits per heavy atom. The molecule has 0 aliphatic carbocycles. The van der Waals surface area contributed by atoms with Crippen molar-refractivity contribution in [2.75, 3.05) is 4.90 Å². The van der Waals surface area contributed by atoms with Crippen LogP contribution in [0.15, 0.2) is 120 Å². The first-order valence-corrected chi connectivity index (χ1v) is 12.6. The fourth-order valence-electron chi connectivity index (χ4n) is 4.46. The van der Waals surface area contributed by atoms with Crippen LogP contribution in [0, 0.1) is 0 Å². The number of hydrogen-bond acceptors (Lipinski definition) is 3. The molecule has 0 bridgehead atoms. The molecule has 4 aromatic rings. The average Bonchev–Trinajstić information content (AvgIpc) is 2.90. The number of rotatable bonds is 5. The van der Waals surface area contributed by atoms with E-state index in [9.17, 15) is 0 Å². The lowest BCUT2D eigenvalue weighted by atomic mass is 9.99. The molecular weight excluding hydrogens is 444 g/mol. The maximum Gasteiger partial charge on any atom is 0.0727 e. The predicted octanol–water partition coefficient (Wildman–Crippen LogP) is 9.56. The van der Waals surface area contributed by atoms with E-state index in [0.717, 1.165) is 22.4 Å². The van der Waals surface area contributed by atoms with Gasteiger partial charge in [-0.3, -0.25) is 4.98 Å². The topological polar surface area (TPSA) is 16.1 Å². The SMILES string of the molecule is C=C(C)c1ncccc1/C(C)=C/C=C(\C)c1ccccc1N1c2ccccc2Sc2ccccc21. The first kappa shape index (κ1) is 22.9. The number of para-hydroxylation sites is 3. The number of allylic oxidation sites excluding steroid dienone is 5. The summed E-state index contributed by atoms with van der Waals surface area (Å²) in [6, 6.07) is 30.0. The molecule has 1 aromatic heterocycles. The highest BCUT2D eigenvalue weighted by Crippen LogP contribution is 2.52. The second kappa shape index (κ2) is 9.81. The molecule has 0 unspecified atom stereocenters. The quantitative estimate of drug-likeness (QED) is 0.237. The van der Waals surface area contributed by atoms with Gasteiger partial charge in [0.2, 0.25) is 0 Å². The van der Waals surface area contributed by atoms with Crippen LogP contribution in [0.1, 0.15) is 37.6 Å². The van der Waals surface area contributed by atoms with Crippen molar-refractivity contribution in [3.63, 3.8) is 0 Å². The van der Waals surface area contributed by atoms with Gasteiger partial charge >= 0.3 is 0 Å². The van der Waals surface area contributed by atoms with Gasteiger partial charge in [0.1, 0.15) is 0 Å². The lowest BCUT2D eigenvalue weighted by molar-refractivity contribution is 1.16. The van der Waals surface area contributed by atoms with Crippen LogP contribution < -0.4 is 4.90 Å². The molecule has 2 heterocycles. The fourth-order valence-corrected chi connectivity index (χ4v) is 5.52. The lowest BCUT2D eigenvalue weighted by Gasteiger charge is -2.34. The van der Waals surface area contributed by atoms with Gasteiger partial charge in [0, 0.05) is 27.1 Å². The van der Waals surface area contributed by atoms with Crippen LogP contribution in [0.2, 0.25) is 0 Å². The van der Waals surface area contributed by atoms with Crippen molar-refractivity contribution >= 4 is 45.5 Å². The van der Waals surface area contributed by atoms with E-state index in [-0.39, 0.29) is 0 Å². The van der Waals surface area contributed by atoms with Crippen molar-refractivity contribution in [1.29, 1.82) is 0 Å². The van der Waals surface area contributed by atoms with E-state index >= 15 is 0 Å². The van der Waals surface area contributed by atoms with Crippen molar-refractivity contribution in [2.45, 2.75) is 30.6 Å². The first-order chi connectivity index (χ1) is 17.0. The summed E-state index contributed by atoms with van der Waals surface area (Å²) in [6.07, 6.45) is 6.22. The number of anilines is 3. The van der Waals surface area contributed by atoms with Gasteiger partial charge in [0.25, 0.3) is 0 Å². The Hall–Kier alpha value is -3.82. The van der Waals surface area contributed by atoms with Gasteiger partial charge in [0.05, 0.1) is 22.8 Å². The van der Waals surface area contributed by atoms with E-state index in [1.165, 1.54) is 38.0 Å². The molecule has 0 atom stereocenters. The molecule has 0 saturated heterocycles. The number of aromatic nitrogens is 1. The molecule has 3 heteroatoms. The minimum atomic E-state index is 0.951. The molecule has 2 nitrogen and oxygen atoms in total. The predicted molar refractivity (Wildman–Crippen MR) is 151 cm³/mol. The fraction of sp³-hybridized carbons (Fsp3) is 0.0938. The number of pyridine rings is 1. The summed E-state index contributed by atoms with van der Waals surface area (Å²) in [5.41, 5.74) is 10.2. The van der Waals surface area contributed by atoms with Gasteiger partial charge in [-0.1, -0.05) is 79.0 Å². The Bertz CT molecular complexity index is 1430. The van der Waals surface area contributed by atoms with Gasteiger partial charge < -0.3 is 4.90 Å². The molecule has 172 valence electrons. The van der Waals surface area contributed by atoms with E-state index in [2.05, 4.69) is 121 Å². The van der Waals surface area contributed by atoms with Gasteiger partial charge in [0.15, 0.2) is 0 Å². The normalized spacial score (nSPS) is 13.3. The molecule has 1 aliphatic heterocycles. The average molecular weight is 473 g/mol. The van der Waals surface area contributed by atoms with Gasteiger partial charge in [-0.2, -0.15) is 0 Å². The van der Waals surface area contributed by atoms with Crippen molar-refractivity contribution < 1.29 is 0 Å². The molecule has 0 spiro atoms. The van der Waals surface area contributed by atoms with Crippen molar-refractivity contribution in [1.82, 2.24) is 4.98 Å². The minimum absolute atomic E-state index is 0.951. The summed E-state index contributed by atoms with van der Waals surface area (Å²) in [5.74, 6) is 0. The molecular formula is C32H28N2S. The first-order valence-electron chi connectivity index (χ1n) is 11.8. The summed E-state index contributed by atoms with van der Waals surface area (Å²) in [6.45, 7) is 10.4. The summed E-state index contributed by atoms with van der Waals surface area (Å²) >= 11 is 1.83. The molecule has 5 rings (SSSR count). The summed E-state index contributed by atoms with van der Waals surface area (Å²) < 4.78 is 0. The second-order valence-corrected chi connectivity index (χ2v) is 9.85. The van der Waals surface area contributed by atoms with Crippen molar-refractivity contribution in [2.24, 2.45) is 0 Å². The molecule has 1 aliphatic rings. The van der Waals surface area contributed by atoms with Crippen LogP contribution in [0.4, 0.5) is 17.1 Å². The summed E-state index contributed by atoms with van der Waals surface area (Å²) in [5, 5.41) is 0. The third-order valence-electron chi connectivity index (χ3n) is 6.22. The van der Waals surface area contributed by atoms with Crippen LogP contribution in [-0.4, -0.2) is 4.98 Å². The van der Waals surface area contributed by atoms with Gasteiger partial charge in [-0.25, -0.2) is 0 Å². The van der Waals surface area contributed by atoms with E-state index in [1.54, 1.807) is 0 Å². The Morgan fingerprint density at radius 3 is 1.83 bits per heavy atom. The molecule has 3 aromatic carbocycles. The summed E-state index contributed by atoms with van der Waals surface area (Å²) in [4.78, 5) is 9.46. The highest BCUT2D eigenvalue weighted by Gasteiger charge is 2.25. The molecule has 0 radical (unpaired) electrons. The molecule has 0 fully saturated rings. The smallest absolute Gasteiger partial charge is 0.0727 e. The van der Waals surface area contributed by atoms with E-state index in [0.29, 0.717) is 0 Å². The van der Waals surface area contributed by atoms with Crippen molar-refractivity contribution in [3.05, 3.63) is 127 Å². The number of benzene rings is 3. The van der Waals surface area contributed by atoms with E-state index < -0.39 is 0 Å².